The maximum atomic E-state index is 12.5. The van der Waals surface area contributed by atoms with Crippen molar-refractivity contribution in [1.29, 1.82) is 0 Å². The molecule has 0 aliphatic carbocycles. The highest BCUT2D eigenvalue weighted by molar-refractivity contribution is 7.89. The van der Waals surface area contributed by atoms with E-state index < -0.39 is 10.0 Å². The van der Waals surface area contributed by atoms with E-state index >= 15 is 0 Å². The molecule has 3 rings (SSSR count). The fourth-order valence-electron chi connectivity index (χ4n) is 2.77. The van der Waals surface area contributed by atoms with E-state index in [1.165, 1.54) is 16.6 Å². The van der Waals surface area contributed by atoms with Crippen LogP contribution in [-0.2, 0) is 10.0 Å². The number of benzene rings is 2. The summed E-state index contributed by atoms with van der Waals surface area (Å²) >= 11 is 0. The molecule has 8 heteroatoms. The predicted molar refractivity (Wildman–Crippen MR) is 119 cm³/mol. The topological polar surface area (TPSA) is 83.9 Å². The van der Waals surface area contributed by atoms with Crippen molar-refractivity contribution in [2.75, 3.05) is 18.5 Å². The molecular formula is C22H24N4O3S. The fourth-order valence-corrected chi connectivity index (χ4v) is 4.17. The van der Waals surface area contributed by atoms with Gasteiger partial charge in [-0.2, -0.15) is 9.41 Å². The number of aromatic nitrogens is 1. The Kier molecular flexibility index (Phi) is 7.16. The average molecular weight is 425 g/mol. The van der Waals surface area contributed by atoms with Gasteiger partial charge < -0.3 is 4.74 Å². The number of pyridine rings is 1. The van der Waals surface area contributed by atoms with E-state index in [2.05, 4.69) is 15.5 Å². The molecule has 0 aliphatic heterocycles. The van der Waals surface area contributed by atoms with Gasteiger partial charge >= 0.3 is 0 Å². The number of ether oxygens (including phenoxy) is 1. The highest BCUT2D eigenvalue weighted by atomic mass is 32.2. The molecular weight excluding hydrogens is 400 g/mol. The van der Waals surface area contributed by atoms with Crippen molar-refractivity contribution in [3.8, 4) is 11.5 Å². The van der Waals surface area contributed by atoms with Crippen LogP contribution in [0.4, 0.5) is 5.82 Å². The minimum atomic E-state index is -3.52. The summed E-state index contributed by atoms with van der Waals surface area (Å²) in [5.41, 5.74) is 3.65. The molecule has 0 bridgehead atoms. The van der Waals surface area contributed by atoms with E-state index in [0.717, 1.165) is 11.3 Å². The second kappa shape index (κ2) is 10.00. The first-order valence-electron chi connectivity index (χ1n) is 9.61. The summed E-state index contributed by atoms with van der Waals surface area (Å²) < 4.78 is 32.2. The molecule has 0 aliphatic rings. The SMILES string of the molecule is CCN(CC)S(=O)(=O)c1ccc(N/N=C/c2cccc(Oc3ccccc3)c2)nc1. The van der Waals surface area contributed by atoms with Gasteiger partial charge in [0.05, 0.1) is 6.21 Å². The molecule has 7 nitrogen and oxygen atoms in total. The number of hydrazone groups is 1. The lowest BCUT2D eigenvalue weighted by atomic mass is 10.2. The summed E-state index contributed by atoms with van der Waals surface area (Å²) in [4.78, 5) is 4.30. The first-order chi connectivity index (χ1) is 14.5. The molecule has 0 amide bonds. The molecule has 0 unspecified atom stereocenters. The van der Waals surface area contributed by atoms with Crippen LogP contribution >= 0.6 is 0 Å². The Labute approximate surface area is 177 Å². The normalized spacial score (nSPS) is 11.7. The van der Waals surface area contributed by atoms with Crippen LogP contribution in [0.25, 0.3) is 0 Å². The van der Waals surface area contributed by atoms with Crippen LogP contribution in [-0.4, -0.2) is 37.0 Å². The summed E-state index contributed by atoms with van der Waals surface area (Å²) in [7, 11) is -3.52. The number of sulfonamides is 1. The number of rotatable bonds is 9. The van der Waals surface area contributed by atoms with Gasteiger partial charge in [0, 0.05) is 19.3 Å². The van der Waals surface area contributed by atoms with Crippen LogP contribution in [0, 0.1) is 0 Å². The minimum absolute atomic E-state index is 0.159. The van der Waals surface area contributed by atoms with Gasteiger partial charge in [0.2, 0.25) is 10.0 Å². The third kappa shape index (κ3) is 5.43. The number of anilines is 1. The Hall–Kier alpha value is -3.23. The largest absolute Gasteiger partial charge is 0.457 e. The summed E-state index contributed by atoms with van der Waals surface area (Å²) in [5, 5.41) is 4.17. The van der Waals surface area contributed by atoms with Crippen LogP contribution < -0.4 is 10.2 Å². The van der Waals surface area contributed by atoms with Crippen LogP contribution in [0.15, 0.2) is 82.9 Å². The monoisotopic (exact) mass is 424 g/mol. The van der Waals surface area contributed by atoms with Gasteiger partial charge in [-0.1, -0.05) is 44.2 Å². The zero-order chi connectivity index (χ0) is 21.4. The van der Waals surface area contributed by atoms with E-state index in [9.17, 15) is 8.42 Å². The van der Waals surface area contributed by atoms with Gasteiger partial charge in [-0.3, -0.25) is 5.43 Å². The summed E-state index contributed by atoms with van der Waals surface area (Å²) in [6.07, 6.45) is 2.97. The number of para-hydroxylation sites is 1. The lowest BCUT2D eigenvalue weighted by Gasteiger charge is -2.18. The molecule has 3 aromatic rings. The van der Waals surface area contributed by atoms with Crippen molar-refractivity contribution in [3.63, 3.8) is 0 Å². The summed E-state index contributed by atoms with van der Waals surface area (Å²) in [6, 6.07) is 20.2. The Morgan fingerprint density at radius 2 is 1.73 bits per heavy atom. The molecule has 0 atom stereocenters. The van der Waals surface area contributed by atoms with Crippen LogP contribution in [0.2, 0.25) is 0 Å². The van der Waals surface area contributed by atoms with Crippen molar-refractivity contribution in [2.45, 2.75) is 18.7 Å². The molecule has 1 aromatic heterocycles. The quantitative estimate of drug-likeness (QED) is 0.408. The van der Waals surface area contributed by atoms with Gasteiger partial charge in [0.1, 0.15) is 22.2 Å². The molecule has 0 radical (unpaired) electrons. The van der Waals surface area contributed by atoms with Crippen LogP contribution in [0.1, 0.15) is 19.4 Å². The maximum Gasteiger partial charge on any atom is 0.244 e. The maximum absolute atomic E-state index is 12.5. The predicted octanol–water partition coefficient (Wildman–Crippen LogP) is 4.35. The number of nitrogens with one attached hydrogen (secondary N) is 1. The fraction of sp³-hybridized carbons (Fsp3) is 0.182. The molecule has 30 heavy (non-hydrogen) atoms. The lowest BCUT2D eigenvalue weighted by Crippen LogP contribution is -2.30. The lowest BCUT2D eigenvalue weighted by molar-refractivity contribution is 0.445. The molecule has 156 valence electrons. The van der Waals surface area contributed by atoms with Crippen molar-refractivity contribution in [1.82, 2.24) is 9.29 Å². The Morgan fingerprint density at radius 1 is 1.00 bits per heavy atom. The minimum Gasteiger partial charge on any atom is -0.457 e. The van der Waals surface area contributed by atoms with Crippen LogP contribution in [0.5, 0.6) is 11.5 Å². The first-order valence-corrected chi connectivity index (χ1v) is 11.0. The molecule has 0 saturated heterocycles. The smallest absolute Gasteiger partial charge is 0.244 e. The van der Waals surface area contributed by atoms with E-state index in [1.54, 1.807) is 26.1 Å². The molecule has 1 N–H and O–H groups in total. The van der Waals surface area contributed by atoms with Gasteiger partial charge in [-0.05, 0) is 42.0 Å². The van der Waals surface area contributed by atoms with Gasteiger partial charge in [-0.25, -0.2) is 13.4 Å². The first kappa shape index (κ1) is 21.5. The molecule has 0 saturated carbocycles. The third-order valence-electron chi connectivity index (χ3n) is 4.31. The molecule has 1 heterocycles. The second-order valence-corrected chi connectivity index (χ2v) is 8.26. The average Bonchev–Trinajstić information content (AvgIpc) is 2.76. The van der Waals surface area contributed by atoms with E-state index in [-0.39, 0.29) is 4.90 Å². The van der Waals surface area contributed by atoms with Gasteiger partial charge in [-0.15, -0.1) is 0 Å². The Bertz CT molecular complexity index is 1080. The van der Waals surface area contributed by atoms with Crippen molar-refractivity contribution >= 4 is 22.1 Å². The van der Waals surface area contributed by atoms with E-state index in [0.29, 0.717) is 24.7 Å². The molecule has 0 spiro atoms. The molecule has 0 fully saturated rings. The number of hydrogen-bond acceptors (Lipinski definition) is 6. The Morgan fingerprint density at radius 3 is 2.40 bits per heavy atom. The Balaban J connectivity index is 1.64. The second-order valence-electron chi connectivity index (χ2n) is 6.33. The zero-order valence-electron chi connectivity index (χ0n) is 16.9. The zero-order valence-corrected chi connectivity index (χ0v) is 17.7. The number of hydrogen-bond donors (Lipinski definition) is 1. The summed E-state index contributed by atoms with van der Waals surface area (Å²) in [5.74, 6) is 1.91. The van der Waals surface area contributed by atoms with E-state index in [1.807, 2.05) is 54.6 Å². The van der Waals surface area contributed by atoms with Crippen LogP contribution in [0.3, 0.4) is 0 Å². The van der Waals surface area contributed by atoms with E-state index in [4.69, 9.17) is 4.74 Å². The van der Waals surface area contributed by atoms with Crippen molar-refractivity contribution in [3.05, 3.63) is 78.5 Å². The summed E-state index contributed by atoms with van der Waals surface area (Å²) in [6.45, 7) is 4.43. The van der Waals surface area contributed by atoms with Crippen molar-refractivity contribution in [2.24, 2.45) is 5.10 Å². The van der Waals surface area contributed by atoms with Gasteiger partial charge in [0.25, 0.3) is 0 Å². The van der Waals surface area contributed by atoms with Crippen molar-refractivity contribution < 1.29 is 13.2 Å². The highest BCUT2D eigenvalue weighted by Crippen LogP contribution is 2.21. The third-order valence-corrected chi connectivity index (χ3v) is 6.34. The molecule has 2 aromatic carbocycles. The highest BCUT2D eigenvalue weighted by Gasteiger charge is 2.21. The number of nitrogens with zero attached hydrogens (tertiary/aromatic N) is 3. The van der Waals surface area contributed by atoms with Gasteiger partial charge in [0.15, 0.2) is 0 Å². The standard InChI is InChI=1S/C22H24N4O3S/c1-3-26(4-2)30(27,28)21-13-14-22(23-17-21)25-24-16-18-9-8-12-20(15-18)29-19-10-6-5-7-11-19/h5-17H,3-4H2,1-2H3,(H,23,25)/b24-16+.